The number of sulfonamides is 1. The molecule has 140 valence electrons. The van der Waals surface area contributed by atoms with Gasteiger partial charge in [0.25, 0.3) is 5.56 Å². The van der Waals surface area contributed by atoms with Crippen molar-refractivity contribution >= 4 is 10.0 Å². The number of hydrogen-bond acceptors (Lipinski definition) is 4. The fourth-order valence-corrected chi connectivity index (χ4v) is 4.99. The molecule has 1 heterocycles. The van der Waals surface area contributed by atoms with Crippen molar-refractivity contribution in [2.75, 3.05) is 0 Å². The number of benzene rings is 1. The maximum atomic E-state index is 13.0. The van der Waals surface area contributed by atoms with Crippen LogP contribution in [0.2, 0.25) is 0 Å². The van der Waals surface area contributed by atoms with E-state index in [-0.39, 0.29) is 16.5 Å². The van der Waals surface area contributed by atoms with Crippen molar-refractivity contribution in [3.05, 3.63) is 46.2 Å². The molecule has 0 saturated heterocycles. The lowest BCUT2D eigenvalue weighted by Gasteiger charge is -2.21. The van der Waals surface area contributed by atoms with E-state index in [9.17, 15) is 13.2 Å². The molecule has 2 N–H and O–H groups in total. The lowest BCUT2D eigenvalue weighted by atomic mass is 9.97. The Morgan fingerprint density at radius 3 is 2.38 bits per heavy atom. The monoisotopic (exact) mass is 375 g/mol. The zero-order valence-corrected chi connectivity index (χ0v) is 15.8. The molecular formula is C19H25N3O3S. The summed E-state index contributed by atoms with van der Waals surface area (Å²) in [5.74, 6) is 0. The smallest absolute Gasteiger partial charge is 0.264 e. The summed E-state index contributed by atoms with van der Waals surface area (Å²) in [6.07, 6.45) is 7.49. The summed E-state index contributed by atoms with van der Waals surface area (Å²) >= 11 is 0. The largest absolute Gasteiger partial charge is 0.268 e. The predicted octanol–water partition coefficient (Wildman–Crippen LogP) is 3.14. The van der Waals surface area contributed by atoms with Gasteiger partial charge in [-0.2, -0.15) is 5.10 Å². The van der Waals surface area contributed by atoms with Crippen LogP contribution in [0.1, 0.15) is 50.5 Å². The first-order valence-corrected chi connectivity index (χ1v) is 10.6. The van der Waals surface area contributed by atoms with E-state index in [1.807, 2.05) is 6.07 Å². The minimum atomic E-state index is -3.61. The van der Waals surface area contributed by atoms with Crippen LogP contribution in [0.25, 0.3) is 11.3 Å². The van der Waals surface area contributed by atoms with Gasteiger partial charge in [-0.1, -0.05) is 44.2 Å². The Bertz CT molecular complexity index is 893. The van der Waals surface area contributed by atoms with E-state index in [1.54, 1.807) is 25.1 Å². The average Bonchev–Trinajstić information content (AvgIpc) is 2.58. The minimum absolute atomic E-state index is 0.00504. The predicted molar refractivity (Wildman–Crippen MR) is 101 cm³/mol. The summed E-state index contributed by atoms with van der Waals surface area (Å²) in [6.45, 7) is 1.79. The van der Waals surface area contributed by atoms with Gasteiger partial charge < -0.3 is 0 Å². The molecule has 0 radical (unpaired) electrons. The summed E-state index contributed by atoms with van der Waals surface area (Å²) in [4.78, 5) is 11.5. The van der Waals surface area contributed by atoms with Crippen LogP contribution in [0.3, 0.4) is 0 Å². The molecule has 1 saturated carbocycles. The lowest BCUT2D eigenvalue weighted by molar-refractivity contribution is 0.426. The number of rotatable bonds is 4. The van der Waals surface area contributed by atoms with Gasteiger partial charge in [0, 0.05) is 17.7 Å². The highest BCUT2D eigenvalue weighted by Gasteiger charge is 2.23. The molecule has 0 spiro atoms. The molecule has 2 aromatic rings. The second-order valence-corrected chi connectivity index (χ2v) is 8.63. The molecule has 0 unspecified atom stereocenters. The summed E-state index contributed by atoms with van der Waals surface area (Å²) < 4.78 is 28.8. The lowest BCUT2D eigenvalue weighted by Crippen LogP contribution is -2.35. The van der Waals surface area contributed by atoms with Gasteiger partial charge in [-0.3, -0.25) is 4.79 Å². The van der Waals surface area contributed by atoms with Crippen LogP contribution >= 0.6 is 0 Å². The quantitative estimate of drug-likeness (QED) is 0.859. The Morgan fingerprint density at radius 2 is 1.73 bits per heavy atom. The zero-order chi connectivity index (χ0) is 18.6. The maximum absolute atomic E-state index is 13.0. The highest BCUT2D eigenvalue weighted by molar-refractivity contribution is 7.89. The molecular weight excluding hydrogens is 350 g/mol. The van der Waals surface area contributed by atoms with Crippen molar-refractivity contribution in [2.45, 2.75) is 62.8 Å². The minimum Gasteiger partial charge on any atom is -0.268 e. The molecule has 1 aromatic carbocycles. The number of aryl methyl sites for hydroxylation is 1. The van der Waals surface area contributed by atoms with Crippen molar-refractivity contribution < 1.29 is 8.42 Å². The van der Waals surface area contributed by atoms with Crippen LogP contribution in [-0.2, 0) is 10.0 Å². The summed E-state index contributed by atoms with van der Waals surface area (Å²) in [5, 5.41) is 6.37. The van der Waals surface area contributed by atoms with Crippen LogP contribution in [-0.4, -0.2) is 24.7 Å². The van der Waals surface area contributed by atoms with Crippen molar-refractivity contribution in [2.24, 2.45) is 0 Å². The first kappa shape index (κ1) is 18.8. The molecule has 1 fully saturated rings. The van der Waals surface area contributed by atoms with Crippen LogP contribution in [0, 0.1) is 6.92 Å². The number of aromatic amines is 1. The van der Waals surface area contributed by atoms with Crippen LogP contribution in [0.15, 0.2) is 40.0 Å². The second-order valence-electron chi connectivity index (χ2n) is 6.95. The van der Waals surface area contributed by atoms with Crippen LogP contribution < -0.4 is 10.3 Å². The average molecular weight is 375 g/mol. The van der Waals surface area contributed by atoms with Gasteiger partial charge in [-0.25, -0.2) is 18.2 Å². The zero-order valence-electron chi connectivity index (χ0n) is 15.0. The molecule has 0 bridgehead atoms. The second kappa shape index (κ2) is 8.14. The number of H-pyrrole nitrogens is 1. The van der Waals surface area contributed by atoms with Gasteiger partial charge in [0.2, 0.25) is 10.0 Å². The highest BCUT2D eigenvalue weighted by Crippen LogP contribution is 2.25. The van der Waals surface area contributed by atoms with E-state index in [0.717, 1.165) is 25.7 Å². The van der Waals surface area contributed by atoms with Gasteiger partial charge in [0.15, 0.2) is 0 Å². The topological polar surface area (TPSA) is 91.9 Å². The third-order valence-corrected chi connectivity index (χ3v) is 6.54. The SMILES string of the molecule is Cc1ccc(-c2ccc(=O)[nH]n2)cc1S(=O)(=O)NC1CCCCCCC1. The van der Waals surface area contributed by atoms with E-state index >= 15 is 0 Å². The Hall–Kier alpha value is -1.99. The van der Waals surface area contributed by atoms with Crippen LogP contribution in [0.5, 0.6) is 0 Å². The third-order valence-electron chi connectivity index (χ3n) is 4.88. The highest BCUT2D eigenvalue weighted by atomic mass is 32.2. The van der Waals surface area contributed by atoms with Crippen molar-refractivity contribution in [3.8, 4) is 11.3 Å². The number of nitrogens with zero attached hydrogens (tertiary/aromatic N) is 1. The fourth-order valence-electron chi connectivity index (χ4n) is 3.41. The van der Waals surface area contributed by atoms with Crippen LogP contribution in [0.4, 0.5) is 0 Å². The van der Waals surface area contributed by atoms with Crippen molar-refractivity contribution in [3.63, 3.8) is 0 Å². The molecule has 0 atom stereocenters. The summed E-state index contributed by atoms with van der Waals surface area (Å²) in [7, 11) is -3.61. The fraction of sp³-hybridized carbons (Fsp3) is 0.474. The Morgan fingerprint density at radius 1 is 1.04 bits per heavy atom. The van der Waals surface area contributed by atoms with Gasteiger partial charge in [-0.05, 0) is 37.5 Å². The Balaban J connectivity index is 1.87. The normalized spacial score (nSPS) is 16.8. The molecule has 6 nitrogen and oxygen atoms in total. The van der Waals surface area contributed by atoms with E-state index in [1.165, 1.54) is 25.3 Å². The van der Waals surface area contributed by atoms with E-state index in [2.05, 4.69) is 14.9 Å². The van der Waals surface area contributed by atoms with E-state index < -0.39 is 10.0 Å². The van der Waals surface area contributed by atoms with Gasteiger partial charge >= 0.3 is 0 Å². The molecule has 1 aromatic heterocycles. The summed E-state index contributed by atoms with van der Waals surface area (Å²) in [5.41, 5.74) is 1.59. The molecule has 1 aliphatic rings. The molecule has 26 heavy (non-hydrogen) atoms. The third kappa shape index (κ3) is 4.59. The van der Waals surface area contributed by atoms with Gasteiger partial charge in [0.1, 0.15) is 0 Å². The molecule has 7 heteroatoms. The van der Waals surface area contributed by atoms with Crippen molar-refractivity contribution in [1.82, 2.24) is 14.9 Å². The summed E-state index contributed by atoms with van der Waals surface area (Å²) in [6, 6.07) is 8.17. The standard InChI is InChI=1S/C19H25N3O3S/c1-14-9-10-15(17-11-12-19(23)21-20-17)13-18(14)26(24,25)22-16-7-5-3-2-4-6-8-16/h9-13,16,22H,2-8H2,1H3,(H,21,23). The van der Waals surface area contributed by atoms with Gasteiger partial charge in [-0.15, -0.1) is 0 Å². The Labute approximate surface area is 154 Å². The molecule has 1 aliphatic carbocycles. The number of hydrogen-bond donors (Lipinski definition) is 2. The van der Waals surface area contributed by atoms with Gasteiger partial charge in [0.05, 0.1) is 10.6 Å². The first-order valence-electron chi connectivity index (χ1n) is 9.15. The molecule has 0 amide bonds. The maximum Gasteiger partial charge on any atom is 0.264 e. The Kier molecular flexibility index (Phi) is 5.88. The number of aromatic nitrogens is 2. The van der Waals surface area contributed by atoms with E-state index in [4.69, 9.17) is 0 Å². The number of nitrogens with one attached hydrogen (secondary N) is 2. The van der Waals surface area contributed by atoms with E-state index in [0.29, 0.717) is 16.8 Å². The van der Waals surface area contributed by atoms with Crippen molar-refractivity contribution in [1.29, 1.82) is 0 Å². The molecule has 0 aliphatic heterocycles. The molecule has 3 rings (SSSR count). The first-order chi connectivity index (χ1) is 12.5.